The third-order valence-electron chi connectivity index (χ3n) is 3.50. The van der Waals surface area contributed by atoms with E-state index in [-0.39, 0.29) is 11.9 Å². The number of benzene rings is 1. The summed E-state index contributed by atoms with van der Waals surface area (Å²) in [6.07, 6.45) is 3.85. The standard InChI is InChI=1S/C14H20N2O/c1-10-5-7-12(8-6-10)16-14(17)9-11-3-2-4-13(11)15/h5-8,11,13H,2-4,9,15H2,1H3,(H,16,17)/t11-,13+/m0/s1. The molecule has 1 fully saturated rings. The van der Waals surface area contributed by atoms with Crippen molar-refractivity contribution in [2.45, 2.75) is 38.6 Å². The highest BCUT2D eigenvalue weighted by molar-refractivity contribution is 5.90. The summed E-state index contributed by atoms with van der Waals surface area (Å²) in [7, 11) is 0. The van der Waals surface area contributed by atoms with Crippen molar-refractivity contribution < 1.29 is 4.79 Å². The molecule has 1 saturated carbocycles. The van der Waals surface area contributed by atoms with E-state index in [9.17, 15) is 4.79 Å². The number of aryl methyl sites for hydroxylation is 1. The van der Waals surface area contributed by atoms with Crippen molar-refractivity contribution in [1.82, 2.24) is 0 Å². The molecule has 0 unspecified atom stereocenters. The maximum Gasteiger partial charge on any atom is 0.224 e. The Kier molecular flexibility index (Phi) is 3.79. The lowest BCUT2D eigenvalue weighted by atomic mass is 10.00. The van der Waals surface area contributed by atoms with Crippen LogP contribution in [0.2, 0.25) is 0 Å². The number of rotatable bonds is 3. The van der Waals surface area contributed by atoms with Crippen molar-refractivity contribution in [2.24, 2.45) is 11.7 Å². The number of amides is 1. The van der Waals surface area contributed by atoms with Crippen molar-refractivity contribution >= 4 is 11.6 Å². The minimum absolute atomic E-state index is 0.0798. The Morgan fingerprint density at radius 2 is 2.06 bits per heavy atom. The Bertz CT molecular complexity index is 386. The van der Waals surface area contributed by atoms with Gasteiger partial charge in [0.25, 0.3) is 0 Å². The number of nitrogens with one attached hydrogen (secondary N) is 1. The van der Waals surface area contributed by atoms with E-state index < -0.39 is 0 Å². The fourth-order valence-electron chi connectivity index (χ4n) is 2.41. The van der Waals surface area contributed by atoms with Crippen LogP contribution in [0.5, 0.6) is 0 Å². The van der Waals surface area contributed by atoms with Gasteiger partial charge in [-0.2, -0.15) is 0 Å². The van der Waals surface area contributed by atoms with Crippen molar-refractivity contribution in [3.63, 3.8) is 0 Å². The van der Waals surface area contributed by atoms with Gasteiger partial charge in [0, 0.05) is 18.2 Å². The first kappa shape index (κ1) is 12.1. The molecule has 0 saturated heterocycles. The van der Waals surface area contributed by atoms with E-state index in [1.54, 1.807) is 0 Å². The van der Waals surface area contributed by atoms with Gasteiger partial charge >= 0.3 is 0 Å². The fourth-order valence-corrected chi connectivity index (χ4v) is 2.41. The molecule has 1 aliphatic rings. The summed E-state index contributed by atoms with van der Waals surface area (Å²) in [6, 6.07) is 8.07. The van der Waals surface area contributed by atoms with Crippen LogP contribution < -0.4 is 11.1 Å². The van der Waals surface area contributed by atoms with Crippen LogP contribution in [-0.4, -0.2) is 11.9 Å². The van der Waals surface area contributed by atoms with Gasteiger partial charge in [-0.3, -0.25) is 4.79 Å². The molecule has 1 aromatic rings. The summed E-state index contributed by atoms with van der Waals surface area (Å²) < 4.78 is 0. The van der Waals surface area contributed by atoms with Crippen LogP contribution in [0.1, 0.15) is 31.2 Å². The lowest BCUT2D eigenvalue weighted by Gasteiger charge is -2.14. The highest BCUT2D eigenvalue weighted by atomic mass is 16.1. The summed E-state index contributed by atoms with van der Waals surface area (Å²) >= 11 is 0. The summed E-state index contributed by atoms with van der Waals surface area (Å²) in [5.74, 6) is 0.441. The molecule has 3 heteroatoms. The first-order valence-corrected chi connectivity index (χ1v) is 6.27. The summed E-state index contributed by atoms with van der Waals surface area (Å²) in [4.78, 5) is 11.8. The monoisotopic (exact) mass is 232 g/mol. The third-order valence-corrected chi connectivity index (χ3v) is 3.50. The minimum atomic E-state index is 0.0798. The van der Waals surface area contributed by atoms with Crippen LogP contribution in [0.4, 0.5) is 5.69 Å². The van der Waals surface area contributed by atoms with Crippen LogP contribution in [0, 0.1) is 12.8 Å². The molecule has 17 heavy (non-hydrogen) atoms. The molecule has 2 rings (SSSR count). The van der Waals surface area contributed by atoms with Gasteiger partial charge in [-0.05, 0) is 37.8 Å². The van der Waals surface area contributed by atoms with Gasteiger partial charge in [-0.25, -0.2) is 0 Å². The highest BCUT2D eigenvalue weighted by Gasteiger charge is 2.25. The summed E-state index contributed by atoms with van der Waals surface area (Å²) in [5.41, 5.74) is 8.02. The van der Waals surface area contributed by atoms with E-state index in [2.05, 4.69) is 5.32 Å². The zero-order valence-corrected chi connectivity index (χ0v) is 10.3. The topological polar surface area (TPSA) is 55.1 Å². The average Bonchev–Trinajstić information content (AvgIpc) is 2.68. The molecular weight excluding hydrogens is 212 g/mol. The van der Waals surface area contributed by atoms with Gasteiger partial charge in [0.05, 0.1) is 0 Å². The Balaban J connectivity index is 1.86. The van der Waals surface area contributed by atoms with Gasteiger partial charge in [-0.15, -0.1) is 0 Å². The fraction of sp³-hybridized carbons (Fsp3) is 0.500. The summed E-state index contributed by atoms with van der Waals surface area (Å²) in [6.45, 7) is 2.03. The van der Waals surface area contributed by atoms with Crippen LogP contribution >= 0.6 is 0 Å². The smallest absolute Gasteiger partial charge is 0.224 e. The van der Waals surface area contributed by atoms with E-state index in [4.69, 9.17) is 5.73 Å². The number of hydrogen-bond donors (Lipinski definition) is 2. The van der Waals surface area contributed by atoms with Gasteiger partial charge in [0.2, 0.25) is 5.91 Å². The van der Waals surface area contributed by atoms with E-state index >= 15 is 0 Å². The molecule has 1 aliphatic carbocycles. The molecule has 0 bridgehead atoms. The van der Waals surface area contributed by atoms with Gasteiger partial charge in [0.15, 0.2) is 0 Å². The van der Waals surface area contributed by atoms with E-state index in [0.717, 1.165) is 24.9 Å². The Morgan fingerprint density at radius 1 is 1.35 bits per heavy atom. The molecule has 1 amide bonds. The lowest BCUT2D eigenvalue weighted by molar-refractivity contribution is -0.117. The maximum atomic E-state index is 11.8. The van der Waals surface area contributed by atoms with Crippen molar-refractivity contribution in [1.29, 1.82) is 0 Å². The predicted octanol–water partition coefficient (Wildman–Crippen LogP) is 2.45. The van der Waals surface area contributed by atoms with Crippen molar-refractivity contribution in [3.05, 3.63) is 29.8 Å². The molecule has 0 aliphatic heterocycles. The highest BCUT2D eigenvalue weighted by Crippen LogP contribution is 2.27. The molecule has 0 heterocycles. The molecule has 0 aromatic heterocycles. The third kappa shape index (κ3) is 3.30. The quantitative estimate of drug-likeness (QED) is 0.841. The van der Waals surface area contributed by atoms with Crippen LogP contribution in [0.3, 0.4) is 0 Å². The van der Waals surface area contributed by atoms with Crippen LogP contribution in [0.25, 0.3) is 0 Å². The second-order valence-electron chi connectivity index (χ2n) is 4.97. The Hall–Kier alpha value is -1.35. The largest absolute Gasteiger partial charge is 0.327 e. The minimum Gasteiger partial charge on any atom is -0.327 e. The van der Waals surface area contributed by atoms with Crippen LogP contribution in [0.15, 0.2) is 24.3 Å². The molecular formula is C14H20N2O. The first-order valence-electron chi connectivity index (χ1n) is 6.27. The molecule has 0 radical (unpaired) electrons. The molecule has 92 valence electrons. The zero-order chi connectivity index (χ0) is 12.3. The lowest BCUT2D eigenvalue weighted by Crippen LogP contribution is -2.28. The molecule has 1 aromatic carbocycles. The van der Waals surface area contributed by atoms with Gasteiger partial charge in [0.1, 0.15) is 0 Å². The summed E-state index contributed by atoms with van der Waals surface area (Å²) in [5, 5.41) is 2.92. The Labute approximate surface area is 102 Å². The Morgan fingerprint density at radius 3 is 2.65 bits per heavy atom. The second-order valence-corrected chi connectivity index (χ2v) is 4.97. The van der Waals surface area contributed by atoms with Gasteiger partial charge in [-0.1, -0.05) is 24.1 Å². The molecule has 3 N–H and O–H groups in total. The number of nitrogens with two attached hydrogens (primary N) is 1. The van der Waals surface area contributed by atoms with E-state index in [1.165, 1.54) is 5.56 Å². The number of anilines is 1. The normalized spacial score (nSPS) is 23.6. The number of hydrogen-bond acceptors (Lipinski definition) is 2. The maximum absolute atomic E-state index is 11.8. The number of carbonyl (C=O) groups excluding carboxylic acids is 1. The van der Waals surface area contributed by atoms with E-state index in [1.807, 2.05) is 31.2 Å². The second kappa shape index (κ2) is 5.32. The SMILES string of the molecule is Cc1ccc(NC(=O)C[C@@H]2CCC[C@H]2N)cc1. The predicted molar refractivity (Wildman–Crippen MR) is 69.7 cm³/mol. The van der Waals surface area contributed by atoms with Crippen molar-refractivity contribution in [2.75, 3.05) is 5.32 Å². The van der Waals surface area contributed by atoms with Crippen LogP contribution in [-0.2, 0) is 4.79 Å². The average molecular weight is 232 g/mol. The zero-order valence-electron chi connectivity index (χ0n) is 10.3. The number of carbonyl (C=O) groups is 1. The molecule has 0 spiro atoms. The van der Waals surface area contributed by atoms with E-state index in [0.29, 0.717) is 12.3 Å². The van der Waals surface area contributed by atoms with Gasteiger partial charge < -0.3 is 11.1 Å². The molecule has 2 atom stereocenters. The first-order chi connectivity index (χ1) is 8.15. The van der Waals surface area contributed by atoms with Crippen molar-refractivity contribution in [3.8, 4) is 0 Å². The molecule has 3 nitrogen and oxygen atoms in total.